The molecule has 3 saturated heterocycles. The summed E-state index contributed by atoms with van der Waals surface area (Å²) in [5.41, 5.74) is 0.423. The molecule has 3 fully saturated rings. The molecule has 0 bridgehead atoms. The lowest BCUT2D eigenvalue weighted by molar-refractivity contribution is -0.134. The molecule has 3 aliphatic rings. The average Bonchev–Trinajstić information content (AvgIpc) is 3.82. The number of rotatable bonds is 14. The third-order valence-electron chi connectivity index (χ3n) is 13.0. The Morgan fingerprint density at radius 2 is 1.78 bits per heavy atom. The number of aromatic amines is 1. The normalized spacial score (nSPS) is 19.8. The number of carbonyl (C=O) groups excluding carboxylic acids is 2. The highest BCUT2D eigenvalue weighted by molar-refractivity contribution is 6.03. The number of likely N-dealkylation sites (N-methyl/N-ethyl adjacent to an activating group) is 1. The minimum atomic E-state index is -0.822. The number of nitrogens with zero attached hydrogens (tertiary/aromatic N) is 4. The number of phenols is 1. The summed E-state index contributed by atoms with van der Waals surface area (Å²) in [6.45, 7) is 12.2. The van der Waals surface area contributed by atoms with Crippen LogP contribution in [0.2, 0.25) is 0 Å². The van der Waals surface area contributed by atoms with Gasteiger partial charge in [0.15, 0.2) is 5.82 Å². The molecule has 8 rings (SSSR count). The summed E-state index contributed by atoms with van der Waals surface area (Å²) in [5.74, 6) is 1.85. The third-order valence-corrected chi connectivity index (χ3v) is 13.0. The van der Waals surface area contributed by atoms with Crippen molar-refractivity contribution in [1.29, 1.82) is 0 Å². The van der Waals surface area contributed by atoms with Gasteiger partial charge in [-0.2, -0.15) is 4.98 Å². The van der Waals surface area contributed by atoms with E-state index in [0.717, 1.165) is 37.8 Å². The molecule has 12 nitrogen and oxygen atoms in total. The minimum Gasteiger partial charge on any atom is -0.508 e. The number of esters is 1. The lowest BCUT2D eigenvalue weighted by Crippen LogP contribution is -2.48. The Morgan fingerprint density at radius 1 is 1.06 bits per heavy atom. The molecular weight excluding hydrogens is 874 g/mol. The predicted octanol–water partition coefficient (Wildman–Crippen LogP) is 9.81. The number of phenolic OH excluding ortho intramolecular Hbond substituents is 1. The first-order valence-corrected chi connectivity index (χ1v) is 23.7. The van der Waals surface area contributed by atoms with E-state index >= 15 is 4.39 Å². The van der Waals surface area contributed by atoms with Gasteiger partial charge in [-0.3, -0.25) is 14.7 Å². The van der Waals surface area contributed by atoms with Crippen molar-refractivity contribution in [2.45, 2.75) is 122 Å². The summed E-state index contributed by atoms with van der Waals surface area (Å²) in [5, 5.41) is 14.6. The largest absolute Gasteiger partial charge is 0.508 e. The van der Waals surface area contributed by atoms with E-state index in [4.69, 9.17) is 20.7 Å². The number of nitrogens with one attached hydrogen (secondary N) is 2. The number of alkyl halides is 1. The maximum absolute atomic E-state index is 16.0. The van der Waals surface area contributed by atoms with Gasteiger partial charge in [-0.25, -0.2) is 18.0 Å². The number of anilines is 1. The molecule has 3 aliphatic heterocycles. The number of aromatic hydroxyl groups is 1. The molecule has 0 aliphatic carbocycles. The number of terminal acetylenes is 1. The van der Waals surface area contributed by atoms with Crippen molar-refractivity contribution < 1.29 is 37.3 Å². The van der Waals surface area contributed by atoms with Gasteiger partial charge in [-0.1, -0.05) is 76.5 Å². The number of methoxy groups -OCH3 is 1. The van der Waals surface area contributed by atoms with Crippen LogP contribution in [0.5, 0.6) is 11.5 Å². The molecule has 2 unspecified atom stereocenters. The summed E-state index contributed by atoms with van der Waals surface area (Å²) >= 11 is 0. The monoisotopic (exact) mass is 941 g/mol. The fourth-order valence-electron chi connectivity index (χ4n) is 9.62. The average molecular weight is 941 g/mol. The van der Waals surface area contributed by atoms with Crippen LogP contribution in [-0.2, 0) is 20.9 Å². The van der Waals surface area contributed by atoms with Crippen LogP contribution in [0, 0.1) is 29.9 Å². The summed E-state index contributed by atoms with van der Waals surface area (Å²) in [6, 6.07) is 13.0. The van der Waals surface area contributed by atoms with Crippen LogP contribution in [0.15, 0.2) is 59.5 Å². The van der Waals surface area contributed by atoms with E-state index in [1.165, 1.54) is 75.4 Å². The Balaban J connectivity index is 0.000000220. The topological polar surface area (TPSA) is 150 Å². The molecule has 366 valence electrons. The highest BCUT2D eigenvalue weighted by Gasteiger charge is 2.44. The van der Waals surface area contributed by atoms with Crippen LogP contribution in [0.3, 0.4) is 0 Å². The number of hydrogen-bond donors (Lipinski definition) is 3. The van der Waals surface area contributed by atoms with E-state index < -0.39 is 23.5 Å². The van der Waals surface area contributed by atoms with Gasteiger partial charge in [-0.15, -0.1) is 6.42 Å². The number of carbonyl (C=O) groups is 2. The van der Waals surface area contributed by atoms with Gasteiger partial charge in [-0.05, 0) is 99.8 Å². The summed E-state index contributed by atoms with van der Waals surface area (Å²) in [4.78, 5) is 47.4. The second-order valence-electron chi connectivity index (χ2n) is 18.2. The van der Waals surface area contributed by atoms with Gasteiger partial charge in [0.25, 0.3) is 0 Å². The molecule has 5 aromatic rings. The van der Waals surface area contributed by atoms with Crippen molar-refractivity contribution in [2.24, 2.45) is 5.92 Å². The van der Waals surface area contributed by atoms with Crippen LogP contribution in [0.4, 0.5) is 19.0 Å². The lowest BCUT2D eigenvalue weighted by Gasteiger charge is -2.37. The van der Waals surface area contributed by atoms with Crippen molar-refractivity contribution >= 4 is 40.3 Å². The molecular formula is C53H67F3N6O6. The highest BCUT2D eigenvalue weighted by Crippen LogP contribution is 2.40. The molecule has 3 aromatic carbocycles. The summed E-state index contributed by atoms with van der Waals surface area (Å²) in [7, 11) is 3.54. The number of fused-ring (bicyclic) bond motifs is 3. The molecule has 2 aromatic heterocycles. The van der Waals surface area contributed by atoms with Crippen LogP contribution in [0.25, 0.3) is 32.9 Å². The van der Waals surface area contributed by atoms with Crippen molar-refractivity contribution in [1.82, 2.24) is 25.2 Å². The number of ether oxygens (including phenoxy) is 2. The van der Waals surface area contributed by atoms with E-state index in [-0.39, 0.29) is 51.0 Å². The summed E-state index contributed by atoms with van der Waals surface area (Å²) in [6.07, 6.45) is 19.6. The number of H-pyrrole nitrogens is 1. The lowest BCUT2D eigenvalue weighted by atomic mass is 9.95. The molecule has 68 heavy (non-hydrogen) atoms. The van der Waals surface area contributed by atoms with Crippen molar-refractivity contribution in [2.75, 3.05) is 45.2 Å². The zero-order valence-corrected chi connectivity index (χ0v) is 40.1. The van der Waals surface area contributed by atoms with Gasteiger partial charge in [0, 0.05) is 61.9 Å². The smallest absolute Gasteiger partial charge is 0.347 e. The maximum Gasteiger partial charge on any atom is 0.347 e. The predicted molar refractivity (Wildman–Crippen MR) is 263 cm³/mol. The molecule has 0 saturated carbocycles. The second kappa shape index (κ2) is 25.5. The Labute approximate surface area is 398 Å². The number of aromatic nitrogens is 3. The fraction of sp³-hybridized carbons (Fsp3) is 0.491. The van der Waals surface area contributed by atoms with Gasteiger partial charge >= 0.3 is 11.7 Å². The van der Waals surface area contributed by atoms with Crippen molar-refractivity contribution in [3.63, 3.8) is 0 Å². The van der Waals surface area contributed by atoms with E-state index in [2.05, 4.69) is 51.9 Å². The number of hydrogen-bond acceptors (Lipinski definition) is 11. The Bertz CT molecular complexity index is 2550. The van der Waals surface area contributed by atoms with Crippen molar-refractivity contribution in [3.05, 3.63) is 88.0 Å². The Morgan fingerprint density at radius 3 is 2.46 bits per heavy atom. The molecule has 15 heteroatoms. The van der Waals surface area contributed by atoms with Gasteiger partial charge in [0.2, 0.25) is 0 Å². The first kappa shape index (κ1) is 53.1. The van der Waals surface area contributed by atoms with Crippen LogP contribution < -0.4 is 20.6 Å². The Kier molecular flexibility index (Phi) is 19.9. The quantitative estimate of drug-likeness (QED) is 0.0423. The van der Waals surface area contributed by atoms with E-state index in [9.17, 15) is 23.5 Å². The maximum atomic E-state index is 16.0. The third kappa shape index (κ3) is 13.7. The second-order valence-corrected chi connectivity index (χ2v) is 18.2. The first-order valence-electron chi connectivity index (χ1n) is 23.7. The number of halogens is 3. The summed E-state index contributed by atoms with van der Waals surface area (Å²) < 4.78 is 53.7. The number of piperidine rings is 1. The highest BCUT2D eigenvalue weighted by atomic mass is 19.1. The number of pyridine rings is 1. The number of unbranched alkanes of at least 4 members (excludes halogenated alkanes) is 6. The number of benzene rings is 3. The van der Waals surface area contributed by atoms with Crippen LogP contribution in [-0.4, -0.2) is 95.8 Å². The zero-order valence-electron chi connectivity index (χ0n) is 40.1. The van der Waals surface area contributed by atoms with E-state index in [0.29, 0.717) is 60.9 Å². The van der Waals surface area contributed by atoms with Gasteiger partial charge < -0.3 is 34.6 Å². The van der Waals surface area contributed by atoms with Gasteiger partial charge in [0.05, 0.1) is 23.1 Å². The molecule has 0 radical (unpaired) electrons. The van der Waals surface area contributed by atoms with Crippen LogP contribution >= 0.6 is 0 Å². The standard InChI is InChI=1S/C26H23F2N5O2.C18H28O3.C8H14FN.CH2O/c1-4-17-20(27)6-5-14-8-16(34)9-18(21(14)17)23-22(28)24-19(10-30-23)25(32-26(35)31-24)33-11-13(2)7-15(12-33)29-3;1-3-4-5-6-7-8-9-10-18(19)21-17-13-11-16(12-14-17)15-20-2;1-8-3-2-4-10(8)6-7(9)5-8;1-2/h1,5-6,8-10,13,15,29,34H,7,11-12H2,2-3H3,(H,31,32,35);11-14H,3-10,15H2,1-2H3;7H,2-6H2,1H3;1H2/t;;7-,8+;/m..1./s1. The van der Waals surface area contributed by atoms with Crippen LogP contribution in [0.1, 0.15) is 109 Å². The SMILES string of the molecule is C#Cc1c(F)ccc2cc(O)cc(-c3ncc4c(N5CC(C)CC(NC)C5)nc(=O)[nH]c4c3F)c12.C=O.CCCCCCCCCC(=O)Oc1ccc(COC)cc1.C[C@@]12CCCN1C[C@H](F)C2. The molecule has 0 amide bonds. The van der Waals surface area contributed by atoms with Crippen molar-refractivity contribution in [3.8, 4) is 35.1 Å². The Hall–Kier alpha value is -5.82. The molecule has 4 atom stereocenters. The minimum absolute atomic E-state index is 0.0666. The fourth-order valence-corrected chi connectivity index (χ4v) is 9.62. The van der Waals surface area contributed by atoms with E-state index in [1.54, 1.807) is 7.11 Å². The molecule has 0 spiro atoms. The van der Waals surface area contributed by atoms with E-state index in [1.807, 2.05) is 43.0 Å². The zero-order chi connectivity index (χ0) is 49.4. The van der Waals surface area contributed by atoms with Gasteiger partial charge in [0.1, 0.15) is 41.8 Å². The molecule has 5 heterocycles. The first-order chi connectivity index (χ1) is 32.8. The molecule has 3 N–H and O–H groups in total.